The number of amides is 1. The highest BCUT2D eigenvalue weighted by Gasteiger charge is 2.16. The van der Waals surface area contributed by atoms with Crippen molar-refractivity contribution in [2.45, 2.75) is 6.54 Å². The van der Waals surface area contributed by atoms with Crippen LogP contribution in [-0.2, 0) is 6.54 Å². The number of carbonyl (C=O) groups excluding carboxylic acids is 1. The fourth-order valence-corrected chi connectivity index (χ4v) is 1.64. The van der Waals surface area contributed by atoms with Crippen molar-refractivity contribution in [3.63, 3.8) is 0 Å². The van der Waals surface area contributed by atoms with Gasteiger partial charge in [-0.25, -0.2) is 0 Å². The standard InChI is InChI=1S/C12H12N4O4/c1-13-12(17)8-2-3-11(16(18)19)10(6-8)14-7-9-4-5-15-20-9/h2-6,14H,7H2,1H3,(H,13,17). The van der Waals surface area contributed by atoms with Crippen LogP contribution < -0.4 is 10.6 Å². The quantitative estimate of drug-likeness (QED) is 0.633. The summed E-state index contributed by atoms with van der Waals surface area (Å²) in [6, 6.07) is 5.75. The van der Waals surface area contributed by atoms with Gasteiger partial charge in [0.15, 0.2) is 5.76 Å². The molecule has 0 spiro atoms. The summed E-state index contributed by atoms with van der Waals surface area (Å²) in [5.74, 6) is 0.215. The summed E-state index contributed by atoms with van der Waals surface area (Å²) in [7, 11) is 1.49. The van der Waals surface area contributed by atoms with E-state index < -0.39 is 4.92 Å². The predicted octanol–water partition coefficient (Wildman–Crippen LogP) is 1.55. The highest BCUT2D eigenvalue weighted by Crippen LogP contribution is 2.26. The predicted molar refractivity (Wildman–Crippen MR) is 70.3 cm³/mol. The summed E-state index contributed by atoms with van der Waals surface area (Å²) in [6.07, 6.45) is 1.48. The number of hydrogen-bond donors (Lipinski definition) is 2. The fraction of sp³-hybridized carbons (Fsp3) is 0.167. The van der Waals surface area contributed by atoms with Gasteiger partial charge in [-0.05, 0) is 12.1 Å². The highest BCUT2D eigenvalue weighted by atomic mass is 16.6. The average Bonchev–Trinajstić information content (AvgIpc) is 2.97. The fourth-order valence-electron chi connectivity index (χ4n) is 1.64. The summed E-state index contributed by atoms with van der Waals surface area (Å²) in [5, 5.41) is 19.8. The highest BCUT2D eigenvalue weighted by molar-refractivity contribution is 5.95. The van der Waals surface area contributed by atoms with E-state index in [1.54, 1.807) is 6.07 Å². The van der Waals surface area contributed by atoms with Gasteiger partial charge in [0.2, 0.25) is 0 Å². The molecule has 2 aromatic rings. The van der Waals surface area contributed by atoms with Crippen LogP contribution in [0, 0.1) is 10.1 Å². The van der Waals surface area contributed by atoms with Crippen molar-refractivity contribution in [2.75, 3.05) is 12.4 Å². The van der Waals surface area contributed by atoms with Gasteiger partial charge >= 0.3 is 0 Å². The first kappa shape index (κ1) is 13.5. The number of nitro benzene ring substituents is 1. The van der Waals surface area contributed by atoms with Gasteiger partial charge in [0.25, 0.3) is 11.6 Å². The number of nitro groups is 1. The van der Waals surface area contributed by atoms with Crippen LogP contribution in [0.2, 0.25) is 0 Å². The Kier molecular flexibility index (Phi) is 3.94. The molecule has 0 atom stereocenters. The van der Waals surface area contributed by atoms with E-state index in [-0.39, 0.29) is 23.8 Å². The number of carbonyl (C=O) groups is 1. The molecule has 1 amide bonds. The molecule has 104 valence electrons. The van der Waals surface area contributed by atoms with Crippen molar-refractivity contribution < 1.29 is 14.2 Å². The maximum absolute atomic E-state index is 11.5. The maximum atomic E-state index is 11.5. The zero-order chi connectivity index (χ0) is 14.5. The third-order valence-corrected chi connectivity index (χ3v) is 2.63. The Morgan fingerprint density at radius 2 is 2.25 bits per heavy atom. The Balaban J connectivity index is 2.26. The number of hydrogen-bond acceptors (Lipinski definition) is 6. The number of benzene rings is 1. The third kappa shape index (κ3) is 2.91. The number of nitrogens with one attached hydrogen (secondary N) is 2. The molecule has 8 heteroatoms. The van der Waals surface area contributed by atoms with Crippen LogP contribution in [0.1, 0.15) is 16.1 Å². The normalized spacial score (nSPS) is 10.1. The van der Waals surface area contributed by atoms with E-state index in [0.717, 1.165) is 0 Å². The van der Waals surface area contributed by atoms with Crippen molar-refractivity contribution >= 4 is 17.3 Å². The van der Waals surface area contributed by atoms with Crippen LogP contribution in [0.25, 0.3) is 0 Å². The largest absolute Gasteiger partial charge is 0.372 e. The number of nitrogens with zero attached hydrogens (tertiary/aromatic N) is 2. The molecule has 0 saturated carbocycles. The van der Waals surface area contributed by atoms with Gasteiger partial charge in [0, 0.05) is 24.7 Å². The van der Waals surface area contributed by atoms with Crippen molar-refractivity contribution in [3.05, 3.63) is 51.9 Å². The Morgan fingerprint density at radius 1 is 1.45 bits per heavy atom. The van der Waals surface area contributed by atoms with E-state index in [1.165, 1.54) is 31.4 Å². The Hall–Kier alpha value is -2.90. The number of rotatable bonds is 5. The van der Waals surface area contributed by atoms with Crippen molar-refractivity contribution in [3.8, 4) is 0 Å². The number of anilines is 1. The molecule has 1 aromatic carbocycles. The van der Waals surface area contributed by atoms with Crippen LogP contribution in [-0.4, -0.2) is 23.0 Å². The van der Waals surface area contributed by atoms with E-state index in [9.17, 15) is 14.9 Å². The molecule has 0 aliphatic heterocycles. The first-order valence-electron chi connectivity index (χ1n) is 5.75. The minimum absolute atomic E-state index is 0.114. The van der Waals surface area contributed by atoms with Gasteiger partial charge in [-0.3, -0.25) is 14.9 Å². The molecular weight excluding hydrogens is 264 g/mol. The summed E-state index contributed by atoms with van der Waals surface area (Å²) in [6.45, 7) is 0.234. The summed E-state index contributed by atoms with van der Waals surface area (Å²) < 4.78 is 4.89. The van der Waals surface area contributed by atoms with Gasteiger partial charge < -0.3 is 15.2 Å². The molecule has 2 rings (SSSR count). The monoisotopic (exact) mass is 276 g/mol. The average molecular weight is 276 g/mol. The van der Waals surface area contributed by atoms with Crippen LogP contribution in [0.3, 0.4) is 0 Å². The van der Waals surface area contributed by atoms with Crippen LogP contribution >= 0.6 is 0 Å². The summed E-state index contributed by atoms with van der Waals surface area (Å²) in [5.41, 5.74) is 0.461. The second-order valence-electron chi connectivity index (χ2n) is 3.90. The molecule has 0 saturated heterocycles. The maximum Gasteiger partial charge on any atom is 0.292 e. The Labute approximate surface area is 113 Å². The molecule has 0 radical (unpaired) electrons. The second-order valence-corrected chi connectivity index (χ2v) is 3.90. The molecule has 0 aliphatic carbocycles. The lowest BCUT2D eigenvalue weighted by Gasteiger charge is -2.07. The lowest BCUT2D eigenvalue weighted by Crippen LogP contribution is -2.18. The lowest BCUT2D eigenvalue weighted by atomic mass is 10.1. The topological polar surface area (TPSA) is 110 Å². The van der Waals surface area contributed by atoms with Crippen LogP contribution in [0.15, 0.2) is 35.0 Å². The minimum atomic E-state index is -0.518. The van der Waals surface area contributed by atoms with Crippen LogP contribution in [0.5, 0.6) is 0 Å². The third-order valence-electron chi connectivity index (χ3n) is 2.63. The van der Waals surface area contributed by atoms with Gasteiger partial charge in [0.1, 0.15) is 5.69 Å². The zero-order valence-electron chi connectivity index (χ0n) is 10.6. The lowest BCUT2D eigenvalue weighted by molar-refractivity contribution is -0.384. The van der Waals surface area contributed by atoms with Gasteiger partial charge in [-0.1, -0.05) is 5.16 Å². The van der Waals surface area contributed by atoms with Gasteiger partial charge in [-0.2, -0.15) is 0 Å². The molecule has 20 heavy (non-hydrogen) atoms. The molecule has 2 N–H and O–H groups in total. The zero-order valence-corrected chi connectivity index (χ0v) is 10.6. The van der Waals surface area contributed by atoms with Crippen molar-refractivity contribution in [1.29, 1.82) is 0 Å². The molecule has 0 aliphatic rings. The number of aromatic nitrogens is 1. The van der Waals surface area contributed by atoms with E-state index in [2.05, 4.69) is 15.8 Å². The summed E-state index contributed by atoms with van der Waals surface area (Å²) >= 11 is 0. The first-order valence-corrected chi connectivity index (χ1v) is 5.75. The SMILES string of the molecule is CNC(=O)c1ccc([N+](=O)[O-])c(NCc2ccno2)c1. The van der Waals surface area contributed by atoms with Gasteiger partial charge in [0.05, 0.1) is 17.7 Å². The van der Waals surface area contributed by atoms with Gasteiger partial charge in [-0.15, -0.1) is 0 Å². The smallest absolute Gasteiger partial charge is 0.292 e. The molecule has 1 aromatic heterocycles. The summed E-state index contributed by atoms with van der Waals surface area (Å²) in [4.78, 5) is 22.0. The van der Waals surface area contributed by atoms with E-state index in [1.807, 2.05) is 0 Å². The Bertz CT molecular complexity index is 624. The van der Waals surface area contributed by atoms with E-state index in [4.69, 9.17) is 4.52 Å². The van der Waals surface area contributed by atoms with E-state index >= 15 is 0 Å². The molecule has 0 unspecified atom stereocenters. The molecule has 8 nitrogen and oxygen atoms in total. The Morgan fingerprint density at radius 3 is 2.85 bits per heavy atom. The first-order chi connectivity index (χ1) is 9.61. The second kappa shape index (κ2) is 5.83. The van der Waals surface area contributed by atoms with Crippen molar-refractivity contribution in [1.82, 2.24) is 10.5 Å². The van der Waals surface area contributed by atoms with E-state index in [0.29, 0.717) is 11.3 Å². The molecule has 0 fully saturated rings. The molecule has 1 heterocycles. The van der Waals surface area contributed by atoms with Crippen LogP contribution in [0.4, 0.5) is 11.4 Å². The molecular formula is C12H12N4O4. The van der Waals surface area contributed by atoms with Crippen molar-refractivity contribution in [2.24, 2.45) is 0 Å². The molecule has 0 bridgehead atoms. The minimum Gasteiger partial charge on any atom is -0.372 e.